The molecule has 2 amide bonds. The smallest absolute Gasteiger partial charge is 0.238 e. The number of piperazine rings is 1. The molecule has 6 nitrogen and oxygen atoms in total. The zero-order chi connectivity index (χ0) is 21.3. The molecule has 2 N–H and O–H groups in total. The first-order chi connectivity index (χ1) is 14.5. The molecule has 0 spiro atoms. The average molecular weight is 417 g/mol. The van der Waals surface area contributed by atoms with E-state index in [1.165, 1.54) is 43.4 Å². The minimum absolute atomic E-state index is 0.0729. The fourth-order valence-electron chi connectivity index (χ4n) is 4.07. The van der Waals surface area contributed by atoms with Crippen LogP contribution < -0.4 is 10.6 Å². The number of halogens is 1. The standard InChI is InChI=1S/C23H33FN4O2/c1-18(23(30)25-11-10-19-6-3-2-4-7-19)28-14-12-27(13-15-28)17-22(29)26-21-9-5-8-20(24)16-21/h5-6,8-9,16,18H,2-4,7,10-15,17H2,1H3,(H,25,30)(H,26,29)/t18-/m0/s1. The number of amides is 2. The van der Waals surface area contributed by atoms with E-state index in [1.807, 2.05) is 6.92 Å². The van der Waals surface area contributed by atoms with Crippen LogP contribution >= 0.6 is 0 Å². The second kappa shape index (κ2) is 11.2. The first-order valence-corrected chi connectivity index (χ1v) is 11.0. The number of rotatable bonds is 8. The van der Waals surface area contributed by atoms with Crippen LogP contribution in [-0.2, 0) is 9.59 Å². The Balaban J connectivity index is 1.35. The summed E-state index contributed by atoms with van der Waals surface area (Å²) in [5.74, 6) is -0.454. The van der Waals surface area contributed by atoms with Gasteiger partial charge in [-0.3, -0.25) is 19.4 Å². The van der Waals surface area contributed by atoms with Gasteiger partial charge in [0.05, 0.1) is 12.6 Å². The van der Waals surface area contributed by atoms with Crippen LogP contribution in [-0.4, -0.2) is 66.9 Å². The zero-order valence-electron chi connectivity index (χ0n) is 17.8. The molecule has 1 aromatic carbocycles. The van der Waals surface area contributed by atoms with Crippen LogP contribution in [0.4, 0.5) is 10.1 Å². The van der Waals surface area contributed by atoms with E-state index >= 15 is 0 Å². The molecule has 1 heterocycles. The van der Waals surface area contributed by atoms with E-state index in [-0.39, 0.29) is 30.2 Å². The summed E-state index contributed by atoms with van der Waals surface area (Å²) in [6, 6.07) is 5.72. The van der Waals surface area contributed by atoms with E-state index < -0.39 is 0 Å². The predicted octanol–water partition coefficient (Wildman–Crippen LogP) is 2.78. The summed E-state index contributed by atoms with van der Waals surface area (Å²) in [6.45, 7) is 5.85. The first-order valence-electron chi connectivity index (χ1n) is 11.0. The molecule has 0 unspecified atom stereocenters. The highest BCUT2D eigenvalue weighted by atomic mass is 19.1. The molecule has 30 heavy (non-hydrogen) atoms. The Morgan fingerprint density at radius 2 is 1.97 bits per heavy atom. The van der Waals surface area contributed by atoms with Crippen LogP contribution in [0.3, 0.4) is 0 Å². The largest absolute Gasteiger partial charge is 0.354 e. The summed E-state index contributed by atoms with van der Waals surface area (Å²) in [5.41, 5.74) is 1.94. The van der Waals surface area contributed by atoms with Crippen molar-refractivity contribution in [2.45, 2.75) is 45.1 Å². The molecular weight excluding hydrogens is 383 g/mol. The van der Waals surface area contributed by atoms with Crippen LogP contribution in [0.15, 0.2) is 35.9 Å². The second-order valence-electron chi connectivity index (χ2n) is 8.20. The van der Waals surface area contributed by atoms with Crippen LogP contribution in [0.5, 0.6) is 0 Å². The molecule has 0 saturated carbocycles. The van der Waals surface area contributed by atoms with Gasteiger partial charge in [-0.05, 0) is 57.2 Å². The molecule has 7 heteroatoms. The Labute approximate surface area is 178 Å². The third kappa shape index (κ3) is 6.92. The Bertz CT molecular complexity index is 759. The molecule has 3 rings (SSSR count). The SMILES string of the molecule is C[C@@H](C(=O)NCCC1=CCCCC1)N1CCN(CC(=O)Nc2cccc(F)c2)CC1. The van der Waals surface area contributed by atoms with Crippen molar-refractivity contribution in [1.82, 2.24) is 15.1 Å². The average Bonchev–Trinajstić information content (AvgIpc) is 2.74. The van der Waals surface area contributed by atoms with Crippen molar-refractivity contribution in [3.8, 4) is 0 Å². The lowest BCUT2D eigenvalue weighted by Crippen LogP contribution is -2.54. The Kier molecular flexibility index (Phi) is 8.39. The lowest BCUT2D eigenvalue weighted by Gasteiger charge is -2.37. The summed E-state index contributed by atoms with van der Waals surface area (Å²) in [6.07, 6.45) is 8.16. The van der Waals surface area contributed by atoms with Gasteiger partial charge < -0.3 is 10.6 Å². The van der Waals surface area contributed by atoms with E-state index in [1.54, 1.807) is 12.1 Å². The molecule has 1 aliphatic carbocycles. The van der Waals surface area contributed by atoms with Gasteiger partial charge in [0.15, 0.2) is 0 Å². The number of hydrogen-bond acceptors (Lipinski definition) is 4. The third-order valence-electron chi connectivity index (χ3n) is 5.94. The van der Waals surface area contributed by atoms with Crippen LogP contribution in [0.2, 0.25) is 0 Å². The topological polar surface area (TPSA) is 64.7 Å². The quantitative estimate of drug-likeness (QED) is 0.640. The molecule has 0 bridgehead atoms. The number of benzene rings is 1. The van der Waals surface area contributed by atoms with Gasteiger partial charge in [-0.25, -0.2) is 4.39 Å². The van der Waals surface area contributed by atoms with Gasteiger partial charge in [-0.15, -0.1) is 0 Å². The highest BCUT2D eigenvalue weighted by molar-refractivity contribution is 5.92. The van der Waals surface area contributed by atoms with E-state index in [9.17, 15) is 14.0 Å². The lowest BCUT2D eigenvalue weighted by atomic mass is 9.97. The van der Waals surface area contributed by atoms with Gasteiger partial charge in [-0.1, -0.05) is 17.7 Å². The number of allylic oxidation sites excluding steroid dienone is 1. The van der Waals surface area contributed by atoms with E-state index in [0.717, 1.165) is 32.6 Å². The lowest BCUT2D eigenvalue weighted by molar-refractivity contribution is -0.127. The Morgan fingerprint density at radius 1 is 1.17 bits per heavy atom. The van der Waals surface area contributed by atoms with Crippen molar-refractivity contribution in [3.63, 3.8) is 0 Å². The predicted molar refractivity (Wildman–Crippen MR) is 117 cm³/mol. The van der Waals surface area contributed by atoms with Gasteiger partial charge >= 0.3 is 0 Å². The van der Waals surface area contributed by atoms with Crippen molar-refractivity contribution in [2.24, 2.45) is 0 Å². The number of nitrogens with zero attached hydrogens (tertiary/aromatic N) is 2. The Hall–Kier alpha value is -2.25. The molecule has 0 aromatic heterocycles. The summed E-state index contributed by atoms with van der Waals surface area (Å²) >= 11 is 0. The molecule has 1 aromatic rings. The summed E-state index contributed by atoms with van der Waals surface area (Å²) in [5, 5.41) is 5.80. The third-order valence-corrected chi connectivity index (χ3v) is 5.94. The Morgan fingerprint density at radius 3 is 2.67 bits per heavy atom. The van der Waals surface area contributed by atoms with Crippen LogP contribution in [0.25, 0.3) is 0 Å². The fourth-order valence-corrected chi connectivity index (χ4v) is 4.07. The first kappa shape index (κ1) is 22.4. The van der Waals surface area contributed by atoms with Crippen molar-refractivity contribution in [2.75, 3.05) is 44.6 Å². The zero-order valence-corrected chi connectivity index (χ0v) is 17.8. The second-order valence-corrected chi connectivity index (χ2v) is 8.20. The fraction of sp³-hybridized carbons (Fsp3) is 0.565. The van der Waals surface area contributed by atoms with E-state index in [2.05, 4.69) is 26.5 Å². The van der Waals surface area contributed by atoms with Gasteiger partial charge in [-0.2, -0.15) is 0 Å². The maximum Gasteiger partial charge on any atom is 0.238 e. The minimum Gasteiger partial charge on any atom is -0.354 e. The van der Waals surface area contributed by atoms with Gasteiger partial charge in [0.1, 0.15) is 5.82 Å². The summed E-state index contributed by atoms with van der Waals surface area (Å²) in [7, 11) is 0. The van der Waals surface area contributed by atoms with Crippen molar-refractivity contribution < 1.29 is 14.0 Å². The maximum absolute atomic E-state index is 13.2. The number of nitrogens with one attached hydrogen (secondary N) is 2. The highest BCUT2D eigenvalue weighted by Crippen LogP contribution is 2.19. The monoisotopic (exact) mass is 416 g/mol. The highest BCUT2D eigenvalue weighted by Gasteiger charge is 2.26. The molecule has 1 aliphatic heterocycles. The molecule has 2 aliphatic rings. The summed E-state index contributed by atoms with van der Waals surface area (Å²) < 4.78 is 13.2. The number of carbonyl (C=O) groups excluding carboxylic acids is 2. The van der Waals surface area contributed by atoms with E-state index in [4.69, 9.17) is 0 Å². The number of carbonyl (C=O) groups is 2. The van der Waals surface area contributed by atoms with Gasteiger partial charge in [0.25, 0.3) is 0 Å². The molecule has 1 saturated heterocycles. The number of hydrogen-bond donors (Lipinski definition) is 2. The minimum atomic E-state index is -0.371. The molecular formula is C23H33FN4O2. The van der Waals surface area contributed by atoms with Crippen LogP contribution in [0, 0.1) is 5.82 Å². The molecule has 0 radical (unpaired) electrons. The van der Waals surface area contributed by atoms with Crippen molar-refractivity contribution >= 4 is 17.5 Å². The molecule has 1 atom stereocenters. The van der Waals surface area contributed by atoms with Crippen LogP contribution in [0.1, 0.15) is 39.0 Å². The van der Waals surface area contributed by atoms with Crippen molar-refractivity contribution in [3.05, 3.63) is 41.7 Å². The molecule has 1 fully saturated rings. The van der Waals surface area contributed by atoms with Gasteiger partial charge in [0.2, 0.25) is 11.8 Å². The van der Waals surface area contributed by atoms with Gasteiger partial charge in [0, 0.05) is 38.4 Å². The normalized spacial score (nSPS) is 19.1. The number of anilines is 1. The van der Waals surface area contributed by atoms with E-state index in [0.29, 0.717) is 12.2 Å². The maximum atomic E-state index is 13.2. The molecule has 164 valence electrons. The summed E-state index contributed by atoms with van der Waals surface area (Å²) in [4.78, 5) is 28.9. The van der Waals surface area contributed by atoms with Crippen molar-refractivity contribution in [1.29, 1.82) is 0 Å².